The van der Waals surface area contributed by atoms with Crippen LogP contribution in [0.15, 0.2) is 120 Å². The van der Waals surface area contributed by atoms with Gasteiger partial charge in [-0.15, -0.1) is 11.8 Å². The van der Waals surface area contributed by atoms with Crippen LogP contribution in [0, 0.1) is 0 Å². The Balaban J connectivity index is 1.28. The van der Waals surface area contributed by atoms with Crippen LogP contribution < -0.4 is 16.0 Å². The SMILES string of the molecule is O=C(CSc1cccc(NC(=O)/C(=C/c2c[nH]c3ccccc23)NC(=O)c2ccccc2)c1)Nc1ccc(C(=O)O)cc1. The van der Waals surface area contributed by atoms with E-state index in [1.165, 1.54) is 36.0 Å². The van der Waals surface area contributed by atoms with Crippen LogP contribution in [0.25, 0.3) is 17.0 Å². The molecule has 214 valence electrons. The van der Waals surface area contributed by atoms with Gasteiger partial charge in [0.25, 0.3) is 11.8 Å². The Morgan fingerprint density at radius 2 is 1.51 bits per heavy atom. The summed E-state index contributed by atoms with van der Waals surface area (Å²) in [4.78, 5) is 53.8. The molecule has 0 saturated carbocycles. The minimum absolute atomic E-state index is 0.0601. The number of carboxylic acid groups (broad SMARTS) is 1. The van der Waals surface area contributed by atoms with Crippen molar-refractivity contribution in [1.29, 1.82) is 0 Å². The summed E-state index contributed by atoms with van der Waals surface area (Å²) < 4.78 is 0. The molecule has 1 heterocycles. The van der Waals surface area contributed by atoms with Gasteiger partial charge in [-0.2, -0.15) is 0 Å². The highest BCUT2D eigenvalue weighted by Crippen LogP contribution is 2.24. The minimum atomic E-state index is -1.04. The number of carbonyl (C=O) groups excluding carboxylic acids is 3. The van der Waals surface area contributed by atoms with Crippen LogP contribution in [0.4, 0.5) is 11.4 Å². The van der Waals surface area contributed by atoms with Crippen molar-refractivity contribution in [3.8, 4) is 0 Å². The van der Waals surface area contributed by atoms with Crippen molar-refractivity contribution < 1.29 is 24.3 Å². The summed E-state index contributed by atoms with van der Waals surface area (Å²) >= 11 is 1.27. The second-order valence-electron chi connectivity index (χ2n) is 9.37. The van der Waals surface area contributed by atoms with Gasteiger partial charge in [0.15, 0.2) is 0 Å². The minimum Gasteiger partial charge on any atom is -0.478 e. The van der Waals surface area contributed by atoms with Gasteiger partial charge in [0.1, 0.15) is 5.70 Å². The molecule has 0 atom stereocenters. The first-order valence-corrected chi connectivity index (χ1v) is 14.2. The molecular weight excluding hydrogens is 564 g/mol. The van der Waals surface area contributed by atoms with Gasteiger partial charge in [0.05, 0.1) is 11.3 Å². The van der Waals surface area contributed by atoms with Crippen molar-refractivity contribution in [3.63, 3.8) is 0 Å². The van der Waals surface area contributed by atoms with Crippen LogP contribution in [0.2, 0.25) is 0 Å². The largest absolute Gasteiger partial charge is 0.478 e. The Morgan fingerprint density at radius 3 is 2.28 bits per heavy atom. The fraction of sp³-hybridized carbons (Fsp3) is 0.0303. The van der Waals surface area contributed by atoms with Crippen LogP contribution in [-0.2, 0) is 9.59 Å². The third-order valence-corrected chi connectivity index (χ3v) is 7.32. The zero-order valence-electron chi connectivity index (χ0n) is 22.7. The summed E-state index contributed by atoms with van der Waals surface area (Å²) in [5.41, 5.74) is 3.21. The molecule has 3 amide bonds. The fourth-order valence-corrected chi connectivity index (χ4v) is 4.97. The lowest BCUT2D eigenvalue weighted by Crippen LogP contribution is -2.30. The maximum atomic E-state index is 13.5. The summed E-state index contributed by atoms with van der Waals surface area (Å²) in [6, 6.07) is 29.2. The number of carboxylic acids is 1. The Kier molecular flexibility index (Phi) is 8.99. The van der Waals surface area contributed by atoms with Gasteiger partial charge in [-0.25, -0.2) is 4.79 Å². The molecule has 0 spiro atoms. The number of hydrogen-bond acceptors (Lipinski definition) is 5. The maximum absolute atomic E-state index is 13.5. The molecule has 5 aromatic rings. The molecule has 10 heteroatoms. The van der Waals surface area contributed by atoms with Crippen molar-refractivity contribution >= 4 is 63.8 Å². The lowest BCUT2D eigenvalue weighted by atomic mass is 10.1. The Hall–Kier alpha value is -5.61. The molecule has 4 aromatic carbocycles. The maximum Gasteiger partial charge on any atom is 0.335 e. The number of rotatable bonds is 10. The van der Waals surface area contributed by atoms with Gasteiger partial charge in [-0.05, 0) is 66.7 Å². The summed E-state index contributed by atoms with van der Waals surface area (Å²) in [6.45, 7) is 0. The topological polar surface area (TPSA) is 140 Å². The van der Waals surface area contributed by atoms with E-state index in [4.69, 9.17) is 5.11 Å². The van der Waals surface area contributed by atoms with Crippen LogP contribution in [-0.4, -0.2) is 39.5 Å². The Bertz CT molecular complexity index is 1830. The first kappa shape index (κ1) is 28.9. The third kappa shape index (κ3) is 7.57. The van der Waals surface area contributed by atoms with Crippen molar-refractivity contribution in [3.05, 3.63) is 132 Å². The van der Waals surface area contributed by atoms with Crippen LogP contribution in [0.5, 0.6) is 0 Å². The molecule has 0 aliphatic heterocycles. The number of nitrogens with one attached hydrogen (secondary N) is 4. The fourth-order valence-electron chi connectivity index (χ4n) is 4.22. The molecule has 0 radical (unpaired) electrons. The highest BCUT2D eigenvalue weighted by atomic mass is 32.2. The Labute approximate surface area is 251 Å². The number of carbonyl (C=O) groups is 4. The third-order valence-electron chi connectivity index (χ3n) is 6.33. The predicted molar refractivity (Wildman–Crippen MR) is 168 cm³/mol. The molecule has 9 nitrogen and oxygen atoms in total. The van der Waals surface area contributed by atoms with E-state index in [0.29, 0.717) is 16.9 Å². The summed E-state index contributed by atoms with van der Waals surface area (Å²) in [6.07, 6.45) is 3.40. The lowest BCUT2D eigenvalue weighted by molar-refractivity contribution is -0.114. The standard InChI is InChI=1S/C33H26N4O5S/c38-30(35-24-15-13-22(14-16-24)33(41)42)20-43-26-10-6-9-25(18-26)36-32(40)29(37-31(39)21-7-2-1-3-8-21)17-23-19-34-28-12-5-4-11-27(23)28/h1-19,34H,20H2,(H,35,38)(H,36,40)(H,37,39)(H,41,42)/b29-17-. The smallest absolute Gasteiger partial charge is 0.335 e. The summed E-state index contributed by atoms with van der Waals surface area (Å²) in [7, 11) is 0. The molecule has 43 heavy (non-hydrogen) atoms. The van der Waals surface area contributed by atoms with E-state index in [0.717, 1.165) is 21.4 Å². The monoisotopic (exact) mass is 590 g/mol. The number of aromatic nitrogens is 1. The second-order valence-corrected chi connectivity index (χ2v) is 10.4. The molecule has 0 aliphatic rings. The molecule has 0 unspecified atom stereocenters. The average molecular weight is 591 g/mol. The van der Waals surface area contributed by atoms with Crippen LogP contribution >= 0.6 is 11.8 Å². The lowest BCUT2D eigenvalue weighted by Gasteiger charge is -2.12. The first-order valence-electron chi connectivity index (χ1n) is 13.2. The molecule has 1 aromatic heterocycles. The molecule has 0 aliphatic carbocycles. The van der Waals surface area contributed by atoms with Crippen molar-refractivity contribution in [2.75, 3.05) is 16.4 Å². The van der Waals surface area contributed by atoms with Gasteiger partial charge in [-0.1, -0.05) is 42.5 Å². The van der Waals surface area contributed by atoms with Gasteiger partial charge >= 0.3 is 5.97 Å². The van der Waals surface area contributed by atoms with E-state index in [9.17, 15) is 19.2 Å². The first-order chi connectivity index (χ1) is 20.9. The summed E-state index contributed by atoms with van der Waals surface area (Å²) in [5, 5.41) is 18.2. The molecule has 5 rings (SSSR count). The zero-order chi connectivity index (χ0) is 30.2. The van der Waals surface area contributed by atoms with E-state index >= 15 is 0 Å². The van der Waals surface area contributed by atoms with E-state index in [-0.39, 0.29) is 22.9 Å². The molecule has 0 bridgehead atoms. The van der Waals surface area contributed by atoms with Gasteiger partial charge in [-0.3, -0.25) is 14.4 Å². The van der Waals surface area contributed by atoms with E-state index in [1.807, 2.05) is 30.3 Å². The summed E-state index contributed by atoms with van der Waals surface area (Å²) in [5.74, 6) is -2.15. The van der Waals surface area contributed by atoms with E-state index < -0.39 is 17.8 Å². The number of H-pyrrole nitrogens is 1. The number of fused-ring (bicyclic) bond motifs is 1. The normalized spacial score (nSPS) is 11.1. The van der Waals surface area contributed by atoms with Gasteiger partial charge in [0, 0.05) is 44.5 Å². The van der Waals surface area contributed by atoms with Gasteiger partial charge < -0.3 is 26.0 Å². The van der Waals surface area contributed by atoms with Gasteiger partial charge in [0.2, 0.25) is 5.91 Å². The number of benzene rings is 4. The van der Waals surface area contributed by atoms with Crippen molar-refractivity contribution in [2.24, 2.45) is 0 Å². The number of hydrogen-bond donors (Lipinski definition) is 5. The van der Waals surface area contributed by atoms with Crippen LogP contribution in [0.3, 0.4) is 0 Å². The molecular formula is C33H26N4O5S. The number of aromatic carboxylic acids is 1. The predicted octanol–water partition coefficient (Wildman–Crippen LogP) is 6.01. The Morgan fingerprint density at radius 1 is 0.767 bits per heavy atom. The van der Waals surface area contributed by atoms with E-state index in [2.05, 4.69) is 20.9 Å². The van der Waals surface area contributed by atoms with E-state index in [1.54, 1.807) is 60.8 Å². The number of aromatic amines is 1. The second kappa shape index (κ2) is 13.4. The number of para-hydroxylation sites is 1. The molecule has 5 N–H and O–H groups in total. The van der Waals surface area contributed by atoms with Crippen molar-refractivity contribution in [1.82, 2.24) is 10.3 Å². The molecule has 0 fully saturated rings. The van der Waals surface area contributed by atoms with Crippen LogP contribution in [0.1, 0.15) is 26.3 Å². The van der Waals surface area contributed by atoms with Crippen molar-refractivity contribution in [2.45, 2.75) is 4.90 Å². The number of thioether (sulfide) groups is 1. The number of amides is 3. The molecule has 0 saturated heterocycles. The number of anilines is 2. The zero-order valence-corrected chi connectivity index (χ0v) is 23.5. The highest BCUT2D eigenvalue weighted by Gasteiger charge is 2.16. The highest BCUT2D eigenvalue weighted by molar-refractivity contribution is 8.00. The average Bonchev–Trinajstić information content (AvgIpc) is 3.43. The quantitative estimate of drug-likeness (QED) is 0.0997.